The van der Waals surface area contributed by atoms with Crippen LogP contribution in [0.5, 0.6) is 0 Å². The van der Waals surface area contributed by atoms with Crippen LogP contribution in [-0.2, 0) is 6.54 Å². The predicted molar refractivity (Wildman–Crippen MR) is 105 cm³/mol. The summed E-state index contributed by atoms with van der Waals surface area (Å²) in [4.78, 5) is 25.4. The largest absolute Gasteiger partial charge is 0.365 e. The second kappa shape index (κ2) is 7.61. The highest BCUT2D eigenvalue weighted by Gasteiger charge is 2.13. The summed E-state index contributed by atoms with van der Waals surface area (Å²) < 4.78 is 0. The zero-order valence-corrected chi connectivity index (χ0v) is 14.5. The van der Waals surface area contributed by atoms with E-state index in [0.717, 1.165) is 16.5 Å². The van der Waals surface area contributed by atoms with Crippen LogP contribution in [0.15, 0.2) is 79.4 Å². The lowest BCUT2D eigenvalue weighted by Gasteiger charge is -2.11. The third-order valence-electron chi connectivity index (χ3n) is 4.13. The maximum Gasteiger partial charge on any atom is 0.259 e. The van der Waals surface area contributed by atoms with Gasteiger partial charge in [-0.1, -0.05) is 12.1 Å². The van der Waals surface area contributed by atoms with Crippen molar-refractivity contribution in [3.63, 3.8) is 0 Å². The van der Waals surface area contributed by atoms with Crippen molar-refractivity contribution >= 4 is 28.3 Å². The van der Waals surface area contributed by atoms with E-state index in [4.69, 9.17) is 0 Å². The minimum Gasteiger partial charge on any atom is -0.365 e. The molecule has 0 fully saturated rings. The van der Waals surface area contributed by atoms with Crippen molar-refractivity contribution in [2.75, 3.05) is 10.6 Å². The molecule has 6 nitrogen and oxygen atoms in total. The van der Waals surface area contributed by atoms with Gasteiger partial charge in [-0.15, -0.1) is 0 Å². The number of rotatable bonds is 5. The smallest absolute Gasteiger partial charge is 0.259 e. The molecular weight excluding hydrogens is 338 g/mol. The fraction of sp³-hybridized carbons (Fsp3) is 0.0476. The van der Waals surface area contributed by atoms with Gasteiger partial charge in [0, 0.05) is 42.4 Å². The van der Waals surface area contributed by atoms with Crippen LogP contribution < -0.4 is 10.6 Å². The molecule has 0 bridgehead atoms. The average molecular weight is 355 g/mol. The van der Waals surface area contributed by atoms with Crippen LogP contribution >= 0.6 is 0 Å². The number of hydrogen-bond donors (Lipinski definition) is 2. The molecule has 0 spiro atoms. The molecule has 1 aromatic carbocycles. The Hall–Kier alpha value is -3.80. The van der Waals surface area contributed by atoms with Gasteiger partial charge in [-0.3, -0.25) is 14.8 Å². The van der Waals surface area contributed by atoms with Gasteiger partial charge < -0.3 is 10.6 Å². The molecule has 3 aromatic heterocycles. The number of amides is 1. The molecule has 0 saturated carbocycles. The van der Waals surface area contributed by atoms with Crippen molar-refractivity contribution in [3.05, 3.63) is 90.5 Å². The Morgan fingerprint density at radius 1 is 0.889 bits per heavy atom. The van der Waals surface area contributed by atoms with E-state index in [1.165, 1.54) is 0 Å². The number of nitrogens with one attached hydrogen (secondary N) is 2. The summed E-state index contributed by atoms with van der Waals surface area (Å²) in [5.74, 6) is 0.307. The van der Waals surface area contributed by atoms with Crippen molar-refractivity contribution < 1.29 is 4.79 Å². The Morgan fingerprint density at radius 3 is 2.59 bits per heavy atom. The van der Waals surface area contributed by atoms with E-state index < -0.39 is 0 Å². The van der Waals surface area contributed by atoms with Gasteiger partial charge in [0.25, 0.3) is 5.91 Å². The highest BCUT2D eigenvalue weighted by molar-refractivity contribution is 6.08. The molecule has 0 unspecified atom stereocenters. The first-order valence-electron chi connectivity index (χ1n) is 8.53. The van der Waals surface area contributed by atoms with Crippen LogP contribution in [0.3, 0.4) is 0 Å². The molecule has 0 aliphatic heterocycles. The molecule has 4 aromatic rings. The van der Waals surface area contributed by atoms with Gasteiger partial charge in [0.2, 0.25) is 0 Å². The summed E-state index contributed by atoms with van der Waals surface area (Å²) in [5.41, 5.74) is 3.06. The molecule has 0 atom stereocenters. The third kappa shape index (κ3) is 3.90. The lowest BCUT2D eigenvalue weighted by atomic mass is 10.2. The molecule has 2 N–H and O–H groups in total. The molecule has 6 heteroatoms. The fourth-order valence-electron chi connectivity index (χ4n) is 2.76. The Morgan fingerprint density at radius 2 is 1.70 bits per heavy atom. The number of aromatic nitrogens is 3. The minimum absolute atomic E-state index is 0.226. The van der Waals surface area contributed by atoms with E-state index in [-0.39, 0.29) is 5.91 Å². The first-order valence-corrected chi connectivity index (χ1v) is 8.53. The summed E-state index contributed by atoms with van der Waals surface area (Å²) in [6.07, 6.45) is 6.86. The number of nitrogens with zero attached hydrogens (tertiary/aromatic N) is 3. The molecule has 132 valence electrons. The van der Waals surface area contributed by atoms with Crippen LogP contribution in [0.4, 0.5) is 11.5 Å². The maximum atomic E-state index is 12.8. The molecule has 27 heavy (non-hydrogen) atoms. The first-order chi connectivity index (χ1) is 13.3. The van der Waals surface area contributed by atoms with Gasteiger partial charge in [-0.2, -0.15) is 0 Å². The van der Waals surface area contributed by atoms with E-state index in [1.807, 2.05) is 42.5 Å². The van der Waals surface area contributed by atoms with E-state index in [1.54, 1.807) is 36.9 Å². The molecule has 0 saturated heterocycles. The summed E-state index contributed by atoms with van der Waals surface area (Å²) >= 11 is 0. The van der Waals surface area contributed by atoms with Crippen molar-refractivity contribution in [1.29, 1.82) is 0 Å². The van der Waals surface area contributed by atoms with Crippen LogP contribution in [0.25, 0.3) is 10.9 Å². The van der Waals surface area contributed by atoms with Crippen LogP contribution in [0.1, 0.15) is 15.9 Å². The van der Waals surface area contributed by atoms with E-state index in [0.29, 0.717) is 23.6 Å². The molecule has 0 aliphatic carbocycles. The van der Waals surface area contributed by atoms with Gasteiger partial charge in [-0.05, 0) is 48.0 Å². The van der Waals surface area contributed by atoms with Gasteiger partial charge >= 0.3 is 0 Å². The van der Waals surface area contributed by atoms with Gasteiger partial charge in [0.1, 0.15) is 5.82 Å². The van der Waals surface area contributed by atoms with Crippen molar-refractivity contribution in [2.24, 2.45) is 0 Å². The molecule has 0 radical (unpaired) electrons. The number of anilines is 2. The normalized spacial score (nSPS) is 10.5. The summed E-state index contributed by atoms with van der Waals surface area (Å²) in [5, 5.41) is 7.16. The Kier molecular flexibility index (Phi) is 4.70. The van der Waals surface area contributed by atoms with E-state index >= 15 is 0 Å². The van der Waals surface area contributed by atoms with Crippen molar-refractivity contribution in [2.45, 2.75) is 6.54 Å². The molecule has 0 aliphatic rings. The zero-order valence-electron chi connectivity index (χ0n) is 14.5. The number of fused-ring (bicyclic) bond motifs is 1. The fourth-order valence-corrected chi connectivity index (χ4v) is 2.76. The summed E-state index contributed by atoms with van der Waals surface area (Å²) in [6.45, 7) is 0.555. The van der Waals surface area contributed by atoms with Gasteiger partial charge in [0.15, 0.2) is 0 Å². The number of hydrogen-bond acceptors (Lipinski definition) is 5. The lowest BCUT2D eigenvalue weighted by molar-refractivity contribution is 0.102. The molecule has 4 rings (SSSR count). The Bertz CT molecular complexity index is 1080. The topological polar surface area (TPSA) is 79.8 Å². The lowest BCUT2D eigenvalue weighted by Crippen LogP contribution is -2.15. The highest BCUT2D eigenvalue weighted by atomic mass is 16.1. The average Bonchev–Trinajstić information content (AvgIpc) is 2.73. The SMILES string of the molecule is O=C(Nc1ccc2cccnc2c1)c1cccnc1NCc1ccncc1. The Balaban J connectivity index is 1.52. The number of carbonyl (C=O) groups is 1. The second-order valence-corrected chi connectivity index (χ2v) is 5.97. The quantitative estimate of drug-likeness (QED) is 0.568. The highest BCUT2D eigenvalue weighted by Crippen LogP contribution is 2.19. The predicted octanol–water partition coefficient (Wildman–Crippen LogP) is 3.89. The van der Waals surface area contributed by atoms with Crippen molar-refractivity contribution in [1.82, 2.24) is 15.0 Å². The summed E-state index contributed by atoms with van der Waals surface area (Å²) in [6, 6.07) is 16.8. The maximum absolute atomic E-state index is 12.8. The number of benzene rings is 1. The van der Waals surface area contributed by atoms with Gasteiger partial charge in [0.05, 0.1) is 11.1 Å². The monoisotopic (exact) mass is 355 g/mol. The molecule has 3 heterocycles. The minimum atomic E-state index is -0.226. The molecule has 1 amide bonds. The summed E-state index contributed by atoms with van der Waals surface area (Å²) in [7, 11) is 0. The number of carbonyl (C=O) groups excluding carboxylic acids is 1. The zero-order chi connectivity index (χ0) is 18.5. The first kappa shape index (κ1) is 16.7. The number of pyridine rings is 3. The van der Waals surface area contributed by atoms with Crippen LogP contribution in [0, 0.1) is 0 Å². The Labute approximate surface area is 156 Å². The second-order valence-electron chi connectivity index (χ2n) is 5.97. The standard InChI is InChI=1S/C21H17N5O/c27-21(26-17-6-5-16-3-1-9-23-19(16)13-17)18-4-2-10-24-20(18)25-14-15-7-11-22-12-8-15/h1-13H,14H2,(H,24,25)(H,26,27). The molecular formula is C21H17N5O. The van der Waals surface area contributed by atoms with Crippen LogP contribution in [0.2, 0.25) is 0 Å². The van der Waals surface area contributed by atoms with E-state index in [2.05, 4.69) is 25.6 Å². The van der Waals surface area contributed by atoms with Gasteiger partial charge in [-0.25, -0.2) is 4.98 Å². The van der Waals surface area contributed by atoms with Crippen LogP contribution in [-0.4, -0.2) is 20.9 Å². The van der Waals surface area contributed by atoms with E-state index in [9.17, 15) is 4.79 Å². The third-order valence-corrected chi connectivity index (χ3v) is 4.13. The van der Waals surface area contributed by atoms with Crippen molar-refractivity contribution in [3.8, 4) is 0 Å².